The molecule has 0 saturated heterocycles. The van der Waals surface area contributed by atoms with Gasteiger partial charge in [0.15, 0.2) is 11.5 Å². The van der Waals surface area contributed by atoms with Gasteiger partial charge in [-0.25, -0.2) is 9.37 Å². The summed E-state index contributed by atoms with van der Waals surface area (Å²) in [6, 6.07) is 1.22. The van der Waals surface area contributed by atoms with Crippen molar-refractivity contribution in [2.24, 2.45) is 0 Å². The fourth-order valence-electron chi connectivity index (χ4n) is 1.70. The normalized spacial score (nSPS) is 12.4. The van der Waals surface area contributed by atoms with Gasteiger partial charge >= 0.3 is 5.97 Å². The molecule has 1 rings (SSSR count). The molecule has 0 aliphatic rings. The number of pyridine rings is 1. The van der Waals surface area contributed by atoms with Crippen molar-refractivity contribution >= 4 is 17.8 Å². The molecule has 1 aromatic rings. The monoisotopic (exact) mass is 354 g/mol. The van der Waals surface area contributed by atoms with E-state index in [0.29, 0.717) is 5.69 Å². The van der Waals surface area contributed by atoms with E-state index in [1.807, 2.05) is 0 Å². The minimum Gasteiger partial charge on any atom is -0.480 e. The molecule has 0 unspecified atom stereocenters. The molecule has 9 nitrogen and oxygen atoms in total. The lowest BCUT2D eigenvalue weighted by Crippen LogP contribution is -2.42. The highest BCUT2D eigenvalue weighted by Gasteiger charge is 2.21. The number of carboxylic acid groups (broad SMARTS) is 1. The molecule has 1 aromatic heterocycles. The van der Waals surface area contributed by atoms with E-state index in [-0.39, 0.29) is 19.0 Å². The van der Waals surface area contributed by atoms with E-state index in [2.05, 4.69) is 20.9 Å². The third-order valence-electron chi connectivity index (χ3n) is 3.04. The number of aromatic nitrogens is 1. The average Bonchev–Trinajstić information content (AvgIpc) is 2.58. The highest BCUT2D eigenvalue weighted by Crippen LogP contribution is 2.07. The largest absolute Gasteiger partial charge is 0.480 e. The Kier molecular flexibility index (Phi) is 7.63. The molecule has 1 atom stereocenters. The number of aliphatic hydroxyl groups excluding tert-OH is 1. The summed E-state index contributed by atoms with van der Waals surface area (Å²) in [6.45, 7) is 2.51. The predicted molar refractivity (Wildman–Crippen MR) is 84.6 cm³/mol. The molecule has 0 aromatic carbocycles. The maximum Gasteiger partial charge on any atom is 0.325 e. The van der Waals surface area contributed by atoms with Gasteiger partial charge in [-0.2, -0.15) is 0 Å². The van der Waals surface area contributed by atoms with Gasteiger partial charge in [-0.3, -0.25) is 19.7 Å². The predicted octanol–water partition coefficient (Wildman–Crippen LogP) is -0.517. The van der Waals surface area contributed by atoms with E-state index in [0.717, 1.165) is 6.07 Å². The first-order chi connectivity index (χ1) is 11.8. The van der Waals surface area contributed by atoms with Gasteiger partial charge in [0, 0.05) is 6.54 Å². The zero-order valence-corrected chi connectivity index (χ0v) is 13.7. The topological polar surface area (TPSA) is 141 Å². The minimum absolute atomic E-state index is 0.115. The molecule has 0 aliphatic carbocycles. The smallest absolute Gasteiger partial charge is 0.325 e. The van der Waals surface area contributed by atoms with Crippen molar-refractivity contribution in [1.29, 1.82) is 0 Å². The quantitative estimate of drug-likeness (QED) is 0.312. The van der Waals surface area contributed by atoms with Crippen LogP contribution in [0.3, 0.4) is 0 Å². The summed E-state index contributed by atoms with van der Waals surface area (Å²) in [5.74, 6) is -3.93. The number of hydrogen-bond acceptors (Lipinski definition) is 6. The Hall–Kier alpha value is -2.85. The zero-order chi connectivity index (χ0) is 19.0. The second kappa shape index (κ2) is 9.45. The van der Waals surface area contributed by atoms with Gasteiger partial charge in [0.2, 0.25) is 0 Å². The molecule has 0 spiro atoms. The van der Waals surface area contributed by atoms with Crippen molar-refractivity contribution in [1.82, 2.24) is 20.9 Å². The van der Waals surface area contributed by atoms with Crippen LogP contribution in [-0.2, 0) is 16.1 Å². The van der Waals surface area contributed by atoms with Crippen LogP contribution < -0.4 is 16.0 Å². The van der Waals surface area contributed by atoms with Crippen molar-refractivity contribution in [3.05, 3.63) is 41.1 Å². The van der Waals surface area contributed by atoms with Crippen LogP contribution in [0, 0.1) is 5.82 Å². The van der Waals surface area contributed by atoms with Gasteiger partial charge in [0.05, 0.1) is 12.4 Å². The Bertz CT molecular complexity index is 692. The van der Waals surface area contributed by atoms with Crippen LogP contribution >= 0.6 is 0 Å². The molecule has 0 aliphatic heterocycles. The van der Waals surface area contributed by atoms with Crippen molar-refractivity contribution in [2.75, 3.05) is 6.73 Å². The van der Waals surface area contributed by atoms with Gasteiger partial charge in [0.1, 0.15) is 11.7 Å². The van der Waals surface area contributed by atoms with Crippen LogP contribution in [0.25, 0.3) is 0 Å². The molecule has 0 bridgehead atoms. The van der Waals surface area contributed by atoms with Gasteiger partial charge in [-0.05, 0) is 26.0 Å². The van der Waals surface area contributed by atoms with E-state index < -0.39 is 35.3 Å². The first-order valence-corrected chi connectivity index (χ1v) is 7.28. The number of allylic oxidation sites excluding steroid dienone is 1. The SMILES string of the molecule is C/C=C(\NC(=O)c1nc(CNCO)ccc1F)C(=O)N[C@@H](C)C(=O)O. The Balaban J connectivity index is 2.89. The molecule has 0 fully saturated rings. The number of nitrogens with zero attached hydrogens (tertiary/aromatic N) is 1. The highest BCUT2D eigenvalue weighted by atomic mass is 19.1. The summed E-state index contributed by atoms with van der Waals surface area (Å²) in [7, 11) is 0. The summed E-state index contributed by atoms with van der Waals surface area (Å²) in [6.07, 6.45) is 1.25. The molecule has 0 saturated carbocycles. The van der Waals surface area contributed by atoms with Crippen LogP contribution in [0.15, 0.2) is 23.9 Å². The van der Waals surface area contributed by atoms with Crippen molar-refractivity contribution in [2.45, 2.75) is 26.4 Å². The van der Waals surface area contributed by atoms with Crippen LogP contribution in [0.4, 0.5) is 4.39 Å². The summed E-state index contributed by atoms with van der Waals surface area (Å²) in [5, 5.41) is 24.4. The molecular weight excluding hydrogens is 335 g/mol. The van der Waals surface area contributed by atoms with Crippen molar-refractivity contribution < 1.29 is 29.0 Å². The number of carbonyl (C=O) groups excluding carboxylic acids is 2. The summed E-state index contributed by atoms with van der Waals surface area (Å²) < 4.78 is 13.8. The Labute approximate surface area is 142 Å². The fourth-order valence-corrected chi connectivity index (χ4v) is 1.70. The molecule has 5 N–H and O–H groups in total. The van der Waals surface area contributed by atoms with E-state index in [1.54, 1.807) is 0 Å². The van der Waals surface area contributed by atoms with E-state index >= 15 is 0 Å². The number of carboxylic acids is 1. The number of rotatable bonds is 8. The molecule has 25 heavy (non-hydrogen) atoms. The van der Waals surface area contributed by atoms with Gasteiger partial charge in [-0.15, -0.1) is 0 Å². The van der Waals surface area contributed by atoms with Crippen LogP contribution in [0.2, 0.25) is 0 Å². The van der Waals surface area contributed by atoms with Crippen molar-refractivity contribution in [3.8, 4) is 0 Å². The molecule has 1 heterocycles. The van der Waals surface area contributed by atoms with Crippen LogP contribution in [-0.4, -0.2) is 45.8 Å². The second-order valence-corrected chi connectivity index (χ2v) is 4.91. The molecular formula is C15H19FN4O5. The fraction of sp³-hybridized carbons (Fsp3) is 0.333. The number of aliphatic carboxylic acids is 1. The summed E-state index contributed by atoms with van der Waals surface area (Å²) >= 11 is 0. The van der Waals surface area contributed by atoms with Crippen LogP contribution in [0.5, 0.6) is 0 Å². The number of halogens is 1. The maximum absolute atomic E-state index is 13.8. The number of nitrogens with one attached hydrogen (secondary N) is 3. The first-order valence-electron chi connectivity index (χ1n) is 7.28. The number of aliphatic hydroxyl groups is 1. The lowest BCUT2D eigenvalue weighted by atomic mass is 10.2. The molecule has 136 valence electrons. The first kappa shape index (κ1) is 20.2. The van der Waals surface area contributed by atoms with Gasteiger partial charge < -0.3 is 20.8 Å². The summed E-state index contributed by atoms with van der Waals surface area (Å²) in [5.41, 5.74) is -0.458. The maximum atomic E-state index is 13.8. The Morgan fingerprint density at radius 2 is 2.04 bits per heavy atom. The highest BCUT2D eigenvalue weighted by molar-refractivity contribution is 6.02. The lowest BCUT2D eigenvalue weighted by Gasteiger charge is -2.13. The summed E-state index contributed by atoms with van der Waals surface area (Å²) in [4.78, 5) is 38.7. The number of hydrogen-bond donors (Lipinski definition) is 5. The van der Waals surface area contributed by atoms with Gasteiger partial charge in [0.25, 0.3) is 11.8 Å². The third-order valence-corrected chi connectivity index (χ3v) is 3.04. The third kappa shape index (κ3) is 5.94. The second-order valence-electron chi connectivity index (χ2n) is 4.91. The van der Waals surface area contributed by atoms with Gasteiger partial charge in [-0.1, -0.05) is 6.08 Å². The number of amides is 2. The van der Waals surface area contributed by atoms with E-state index in [9.17, 15) is 18.8 Å². The standard InChI is InChI=1S/C15H19FN4O5/c1-3-11(13(22)18-8(2)15(24)25)20-14(23)12-10(16)5-4-9(19-12)6-17-7-21/h3-5,8,17,21H,6-7H2,1-2H3,(H,18,22)(H,20,23)(H,24,25)/b11-3-/t8-/m0/s1. The zero-order valence-electron chi connectivity index (χ0n) is 13.7. The van der Waals surface area contributed by atoms with Crippen molar-refractivity contribution in [3.63, 3.8) is 0 Å². The molecule has 10 heteroatoms. The lowest BCUT2D eigenvalue weighted by molar-refractivity contribution is -0.140. The molecule has 2 amide bonds. The van der Waals surface area contributed by atoms with Crippen LogP contribution in [0.1, 0.15) is 30.0 Å². The number of carbonyl (C=O) groups is 3. The average molecular weight is 354 g/mol. The minimum atomic E-state index is -1.24. The van der Waals surface area contributed by atoms with E-state index in [4.69, 9.17) is 10.2 Å². The van der Waals surface area contributed by atoms with E-state index in [1.165, 1.54) is 26.0 Å². The Morgan fingerprint density at radius 3 is 2.60 bits per heavy atom. The molecule has 0 radical (unpaired) electrons. The Morgan fingerprint density at radius 1 is 1.36 bits per heavy atom.